The molecule has 4 amide bonds. The summed E-state index contributed by atoms with van der Waals surface area (Å²) in [4.78, 5) is 80.9. The third-order valence-electron chi connectivity index (χ3n) is 12.3. The van der Waals surface area contributed by atoms with Crippen LogP contribution in [0.4, 0.5) is 0 Å². The Labute approximate surface area is 464 Å². The van der Waals surface area contributed by atoms with Crippen molar-refractivity contribution in [3.8, 4) is 0 Å². The fourth-order valence-electron chi connectivity index (χ4n) is 8.72. The fourth-order valence-corrected chi connectivity index (χ4v) is 11.8. The van der Waals surface area contributed by atoms with Crippen molar-refractivity contribution in [2.75, 3.05) is 25.6 Å². The minimum atomic E-state index is -0.643. The number of nitrogens with zero attached hydrogens (tertiary/aromatic N) is 2. The number of benzene rings is 2. The first kappa shape index (κ1) is 72.6. The van der Waals surface area contributed by atoms with Gasteiger partial charge in [-0.25, -0.2) is 0 Å². The van der Waals surface area contributed by atoms with Gasteiger partial charge in [0.1, 0.15) is 6.04 Å². The van der Waals surface area contributed by atoms with Gasteiger partial charge in [-0.05, 0) is 105 Å². The van der Waals surface area contributed by atoms with E-state index < -0.39 is 18.1 Å². The number of thioether (sulfide) groups is 2. The Morgan fingerprint density at radius 1 is 0.657 bits per heavy atom. The number of rotatable bonds is 13. The van der Waals surface area contributed by atoms with Crippen molar-refractivity contribution >= 4 is 167 Å². The highest BCUT2D eigenvalue weighted by atomic mass is 32.2. The van der Waals surface area contributed by atoms with Gasteiger partial charge in [0, 0.05) is 19.3 Å². The maximum absolute atomic E-state index is 14.0. The second kappa shape index (κ2) is 32.2. The molecule has 4 aliphatic heterocycles. The highest BCUT2D eigenvalue weighted by molar-refractivity contribution is 8.00. The normalized spacial score (nSPS) is 22.6. The van der Waals surface area contributed by atoms with Crippen LogP contribution < -0.4 is 21.7 Å². The van der Waals surface area contributed by atoms with Crippen LogP contribution in [0.1, 0.15) is 95.9 Å². The Kier molecular flexibility index (Phi) is 34.9. The number of hydrogen-bond acceptors (Lipinski definition) is 10. The zero-order valence-electron chi connectivity index (χ0n) is 40.0. The van der Waals surface area contributed by atoms with Crippen LogP contribution in [-0.2, 0) is 48.0 Å². The number of hydrogen-bond donors (Lipinski definition) is 4. The van der Waals surface area contributed by atoms with Crippen molar-refractivity contribution < 1.29 is 28.8 Å². The molecular weight excluding hydrogens is 1040 g/mol. The molecule has 0 bridgehead atoms. The standard InChI is InChI=1S/C41H54N4O5S2.C4H10N2O.8H2S/c1-25(42-6)38(49)43-30-17-19-52-35-24-41(4,5)37(45(35)39(30)50)32(47)22-29-15-11-27(12-16-29)20-26-9-13-28(14-10-26)21-31(46)36-40(2,3)23-34-44(36)33(48)8-7-18-51-34;1-3(6-2)4(5)7;;;;;;;;/h9-16,25,30,34-37,42H,7-8,17-24H2,1-6H3,(H,43,49);3,6H,1-2H3,(H2,5,7);8*1H2/t25-,30-,34-,35-,36+,37+;3-;;;;;;;;/m00......../s1. The summed E-state index contributed by atoms with van der Waals surface area (Å²) in [6.45, 7) is 11.8. The molecule has 6 rings (SSSR count). The molecule has 4 aliphatic rings. The van der Waals surface area contributed by atoms with E-state index in [4.69, 9.17) is 5.73 Å². The first-order chi connectivity index (χ1) is 27.9. The average molecular weight is 1120 g/mol. The molecule has 22 heteroatoms. The van der Waals surface area contributed by atoms with E-state index in [9.17, 15) is 28.8 Å². The summed E-state index contributed by atoms with van der Waals surface area (Å²) >= 11 is 3.52. The van der Waals surface area contributed by atoms with E-state index in [2.05, 4.69) is 67.9 Å². The fraction of sp³-hybridized carbons (Fsp3) is 0.600. The zero-order valence-corrected chi connectivity index (χ0v) is 49.6. The summed E-state index contributed by atoms with van der Waals surface area (Å²) in [6, 6.07) is 14.1. The topological polar surface area (TPSA) is 171 Å². The van der Waals surface area contributed by atoms with Gasteiger partial charge in [-0.3, -0.25) is 28.8 Å². The van der Waals surface area contributed by atoms with Crippen LogP contribution in [0.5, 0.6) is 0 Å². The Morgan fingerprint density at radius 3 is 1.48 bits per heavy atom. The van der Waals surface area contributed by atoms with Crippen LogP contribution >= 0.6 is 131 Å². The molecule has 0 unspecified atom stereocenters. The van der Waals surface area contributed by atoms with Crippen molar-refractivity contribution in [1.82, 2.24) is 25.8 Å². The van der Waals surface area contributed by atoms with E-state index in [1.807, 2.05) is 40.9 Å². The summed E-state index contributed by atoms with van der Waals surface area (Å²) in [5, 5.41) is 8.55. The van der Waals surface area contributed by atoms with Crippen molar-refractivity contribution in [3.63, 3.8) is 0 Å². The molecule has 0 saturated carbocycles. The summed E-state index contributed by atoms with van der Waals surface area (Å²) in [7, 11) is 3.40. The van der Waals surface area contributed by atoms with Crippen molar-refractivity contribution in [2.24, 2.45) is 16.6 Å². The lowest BCUT2D eigenvalue weighted by atomic mass is 9.81. The number of carbonyl (C=O) groups is 6. The highest BCUT2D eigenvalue weighted by Gasteiger charge is 2.54. The third kappa shape index (κ3) is 18.6. The Bertz CT molecular complexity index is 1880. The van der Waals surface area contributed by atoms with Crippen LogP contribution in [0, 0.1) is 10.8 Å². The van der Waals surface area contributed by atoms with Crippen LogP contribution in [0.25, 0.3) is 0 Å². The first-order valence-electron chi connectivity index (χ1n) is 20.9. The number of nitrogens with one attached hydrogen (secondary N) is 3. The molecule has 2 aromatic carbocycles. The number of ketones is 2. The SMILES string of the molecule is CN[C@@H](C)C(=O)N[C@H]1CCS[C@H]2CC(C)(C)[C@@H](C(=O)Cc3ccc(Cc4ccc(CC(=O)[C@H]5N6C(=O)CCCS[C@H]6CC5(C)C)cc4)cc3)N2C1=O.CN[C@@H](C)C(N)=O.S.S.S.S.S.S.S.S. The molecule has 12 nitrogen and oxygen atoms in total. The lowest BCUT2D eigenvalue weighted by Gasteiger charge is -2.34. The number of fused-ring (bicyclic) bond motifs is 2. The maximum atomic E-state index is 14.0. The van der Waals surface area contributed by atoms with E-state index >= 15 is 0 Å². The third-order valence-corrected chi connectivity index (χ3v) is 14.8. The molecule has 7 atom stereocenters. The molecular formula is C45H80N6O6S10. The summed E-state index contributed by atoms with van der Waals surface area (Å²) in [5.74, 6) is 1.25. The molecule has 67 heavy (non-hydrogen) atoms. The lowest BCUT2D eigenvalue weighted by Crippen LogP contribution is -2.56. The maximum Gasteiger partial charge on any atom is 0.246 e. The van der Waals surface area contributed by atoms with E-state index in [1.54, 1.807) is 44.6 Å². The predicted octanol–water partition coefficient (Wildman–Crippen LogP) is 5.15. The smallest absolute Gasteiger partial charge is 0.246 e. The monoisotopic (exact) mass is 1120 g/mol. The molecule has 4 heterocycles. The van der Waals surface area contributed by atoms with Gasteiger partial charge in [0.2, 0.25) is 23.6 Å². The molecule has 0 spiro atoms. The number of amides is 4. The van der Waals surface area contributed by atoms with Gasteiger partial charge in [0.15, 0.2) is 11.6 Å². The number of likely N-dealkylation sites (N-methyl/N-ethyl adjacent to an activating group) is 2. The van der Waals surface area contributed by atoms with Crippen molar-refractivity contribution in [1.29, 1.82) is 0 Å². The van der Waals surface area contributed by atoms with E-state index in [1.165, 1.54) is 0 Å². The minimum absolute atomic E-state index is 0. The van der Waals surface area contributed by atoms with Gasteiger partial charge in [0.25, 0.3) is 0 Å². The number of Topliss-reactive ketones (excluding diaryl/α,β-unsaturated/α-hetero) is 2. The molecule has 2 aromatic rings. The van der Waals surface area contributed by atoms with Gasteiger partial charge in [0.05, 0.1) is 34.9 Å². The first-order valence-corrected chi connectivity index (χ1v) is 23.0. The molecule has 386 valence electrons. The second-order valence-electron chi connectivity index (χ2n) is 17.9. The predicted molar refractivity (Wildman–Crippen MR) is 319 cm³/mol. The van der Waals surface area contributed by atoms with Crippen molar-refractivity contribution in [2.45, 2.75) is 134 Å². The van der Waals surface area contributed by atoms with Crippen LogP contribution in [-0.4, -0.2) is 112 Å². The number of nitrogens with two attached hydrogens (primary N) is 1. The quantitative estimate of drug-likeness (QED) is 0.211. The van der Waals surface area contributed by atoms with Crippen LogP contribution in [0.15, 0.2) is 48.5 Å². The van der Waals surface area contributed by atoms with Gasteiger partial charge in [-0.1, -0.05) is 76.2 Å². The summed E-state index contributed by atoms with van der Waals surface area (Å²) < 4.78 is 0. The molecule has 5 N–H and O–H groups in total. The molecule has 0 radical (unpaired) electrons. The number of carbonyl (C=O) groups excluding carboxylic acids is 6. The van der Waals surface area contributed by atoms with E-state index in [0.29, 0.717) is 19.3 Å². The Balaban J connectivity index is -0.00000123. The molecule has 0 aliphatic carbocycles. The Hall–Kier alpha value is -0.920. The highest BCUT2D eigenvalue weighted by Crippen LogP contribution is 2.48. The molecule has 4 fully saturated rings. The molecule has 0 aromatic heterocycles. The van der Waals surface area contributed by atoms with E-state index in [0.717, 1.165) is 59.4 Å². The van der Waals surface area contributed by atoms with E-state index in [-0.39, 0.29) is 183 Å². The van der Waals surface area contributed by atoms with Crippen LogP contribution in [0.2, 0.25) is 0 Å². The average Bonchev–Trinajstić information content (AvgIpc) is 3.49. The molecule has 4 saturated heterocycles. The van der Waals surface area contributed by atoms with Gasteiger partial charge in [-0.2, -0.15) is 108 Å². The van der Waals surface area contributed by atoms with Gasteiger partial charge >= 0.3 is 0 Å². The Morgan fingerprint density at radius 2 is 1.06 bits per heavy atom. The summed E-state index contributed by atoms with van der Waals surface area (Å²) in [5.41, 5.74) is 8.32. The van der Waals surface area contributed by atoms with Crippen molar-refractivity contribution in [3.05, 3.63) is 70.8 Å². The van der Waals surface area contributed by atoms with Crippen LogP contribution in [0.3, 0.4) is 0 Å². The lowest BCUT2D eigenvalue weighted by molar-refractivity contribution is -0.142. The second-order valence-corrected chi connectivity index (χ2v) is 20.4. The summed E-state index contributed by atoms with van der Waals surface area (Å²) in [6.07, 6.45) is 4.77. The minimum Gasteiger partial charge on any atom is -0.368 e. The largest absolute Gasteiger partial charge is 0.368 e. The number of primary amides is 1. The van der Waals surface area contributed by atoms with Gasteiger partial charge in [-0.15, -0.1) is 23.5 Å². The zero-order chi connectivity index (χ0) is 43.2. The van der Waals surface area contributed by atoms with Gasteiger partial charge < -0.3 is 31.5 Å².